The van der Waals surface area contributed by atoms with Crippen LogP contribution in [-0.4, -0.2) is 39.9 Å². The zero-order chi connectivity index (χ0) is 19.4. The minimum Gasteiger partial charge on any atom is -0.335 e. The number of anilines is 1. The molecule has 8 heteroatoms. The van der Waals surface area contributed by atoms with Crippen molar-refractivity contribution >= 4 is 40.0 Å². The molecular formula is C19H17ClN4O3. The molecule has 0 aliphatic carbocycles. The Labute approximate surface area is 160 Å². The van der Waals surface area contributed by atoms with Crippen LogP contribution in [0.3, 0.4) is 0 Å². The third kappa shape index (κ3) is 4.51. The van der Waals surface area contributed by atoms with E-state index in [1.807, 2.05) is 0 Å². The Balaban J connectivity index is 1.63. The van der Waals surface area contributed by atoms with Gasteiger partial charge in [0, 0.05) is 17.8 Å². The first kappa shape index (κ1) is 18.6. The summed E-state index contributed by atoms with van der Waals surface area (Å²) in [5.74, 6) is -0.724. The molecule has 0 radical (unpaired) electrons. The highest BCUT2D eigenvalue weighted by atomic mass is 35.5. The van der Waals surface area contributed by atoms with E-state index < -0.39 is 0 Å². The Kier molecular flexibility index (Phi) is 5.52. The monoisotopic (exact) mass is 384 g/mol. The van der Waals surface area contributed by atoms with Gasteiger partial charge in [-0.15, -0.1) is 0 Å². The van der Waals surface area contributed by atoms with Gasteiger partial charge in [0.15, 0.2) is 0 Å². The number of likely N-dealkylation sites (N-methyl/N-ethyl adjacent to an activating group) is 1. The lowest BCUT2D eigenvalue weighted by atomic mass is 10.2. The molecule has 3 rings (SSSR count). The van der Waals surface area contributed by atoms with E-state index in [1.165, 1.54) is 22.8 Å². The average Bonchev–Trinajstić information content (AvgIpc) is 2.66. The maximum Gasteiger partial charge on any atom is 0.261 e. The molecule has 27 heavy (non-hydrogen) atoms. The molecule has 2 amide bonds. The van der Waals surface area contributed by atoms with Crippen LogP contribution >= 0.6 is 11.6 Å². The van der Waals surface area contributed by atoms with Crippen molar-refractivity contribution in [2.45, 2.75) is 6.54 Å². The van der Waals surface area contributed by atoms with Crippen LogP contribution in [0.2, 0.25) is 5.02 Å². The topological polar surface area (TPSA) is 84.3 Å². The fraction of sp³-hybridized carbons (Fsp3) is 0.158. The van der Waals surface area contributed by atoms with Crippen molar-refractivity contribution in [2.75, 3.05) is 18.9 Å². The lowest BCUT2D eigenvalue weighted by Gasteiger charge is -2.17. The molecular weight excluding hydrogens is 368 g/mol. The van der Waals surface area contributed by atoms with Crippen LogP contribution in [-0.2, 0) is 16.1 Å². The molecule has 0 bridgehead atoms. The van der Waals surface area contributed by atoms with Crippen LogP contribution < -0.4 is 10.9 Å². The molecule has 0 unspecified atom stereocenters. The Bertz CT molecular complexity index is 1050. The SMILES string of the molecule is CN(CC(=O)Nc1ccc(Cl)cc1)C(=O)Cn1cnc2ccccc2c1=O. The van der Waals surface area contributed by atoms with Gasteiger partial charge in [-0.25, -0.2) is 4.98 Å². The highest BCUT2D eigenvalue weighted by molar-refractivity contribution is 6.30. The molecule has 0 spiro atoms. The number of hydrogen-bond acceptors (Lipinski definition) is 4. The van der Waals surface area contributed by atoms with Crippen LogP contribution in [0.15, 0.2) is 59.7 Å². The van der Waals surface area contributed by atoms with Crippen LogP contribution in [0.1, 0.15) is 0 Å². The van der Waals surface area contributed by atoms with Crippen molar-refractivity contribution in [3.63, 3.8) is 0 Å². The second kappa shape index (κ2) is 8.01. The molecule has 1 heterocycles. The number of carbonyl (C=O) groups excluding carboxylic acids is 2. The number of fused-ring (bicyclic) bond motifs is 1. The maximum absolute atomic E-state index is 12.4. The molecule has 138 valence electrons. The number of nitrogens with one attached hydrogen (secondary N) is 1. The van der Waals surface area contributed by atoms with Gasteiger partial charge in [-0.1, -0.05) is 23.7 Å². The normalized spacial score (nSPS) is 10.6. The summed E-state index contributed by atoms with van der Waals surface area (Å²) in [4.78, 5) is 42.3. The Morgan fingerprint density at radius 3 is 2.59 bits per heavy atom. The summed E-state index contributed by atoms with van der Waals surface area (Å²) < 4.78 is 1.23. The molecule has 7 nitrogen and oxygen atoms in total. The standard InChI is InChI=1S/C19H17ClN4O3/c1-23(10-17(25)22-14-8-6-13(20)7-9-14)18(26)11-24-12-21-16-5-3-2-4-15(16)19(24)27/h2-9,12H,10-11H2,1H3,(H,22,25). The van der Waals surface area contributed by atoms with Gasteiger partial charge >= 0.3 is 0 Å². The summed E-state index contributed by atoms with van der Waals surface area (Å²) in [6.45, 7) is -0.335. The lowest BCUT2D eigenvalue weighted by Crippen LogP contribution is -2.38. The fourth-order valence-electron chi connectivity index (χ4n) is 2.52. The Hall–Kier alpha value is -3.19. The van der Waals surface area contributed by atoms with Gasteiger partial charge in [-0.2, -0.15) is 0 Å². The van der Waals surface area contributed by atoms with Crippen molar-refractivity contribution in [1.29, 1.82) is 0 Å². The molecule has 0 saturated carbocycles. The van der Waals surface area contributed by atoms with E-state index in [-0.39, 0.29) is 30.5 Å². The van der Waals surface area contributed by atoms with Crippen molar-refractivity contribution in [3.8, 4) is 0 Å². The van der Waals surface area contributed by atoms with E-state index in [9.17, 15) is 14.4 Å². The Morgan fingerprint density at radius 2 is 1.85 bits per heavy atom. The second-order valence-electron chi connectivity index (χ2n) is 6.00. The van der Waals surface area contributed by atoms with Crippen LogP contribution in [0.5, 0.6) is 0 Å². The van der Waals surface area contributed by atoms with Crippen LogP contribution in [0.4, 0.5) is 5.69 Å². The number of aromatic nitrogens is 2. The molecule has 1 N–H and O–H groups in total. The summed E-state index contributed by atoms with van der Waals surface area (Å²) in [6, 6.07) is 13.6. The molecule has 0 fully saturated rings. The number of amides is 2. The van der Waals surface area contributed by atoms with Crippen LogP contribution in [0, 0.1) is 0 Å². The molecule has 0 aliphatic heterocycles. The van der Waals surface area contributed by atoms with Crippen LogP contribution in [0.25, 0.3) is 10.9 Å². The van der Waals surface area contributed by atoms with E-state index in [0.717, 1.165) is 0 Å². The minimum absolute atomic E-state index is 0.142. The first-order valence-electron chi connectivity index (χ1n) is 8.17. The molecule has 0 atom stereocenters. The summed E-state index contributed by atoms with van der Waals surface area (Å²) in [5, 5.41) is 3.69. The van der Waals surface area contributed by atoms with Gasteiger partial charge in [0.1, 0.15) is 6.54 Å². The minimum atomic E-state index is -0.375. The van der Waals surface area contributed by atoms with Gasteiger partial charge in [-0.05, 0) is 36.4 Å². The number of carbonyl (C=O) groups is 2. The lowest BCUT2D eigenvalue weighted by molar-refractivity contribution is -0.133. The van der Waals surface area contributed by atoms with Crippen molar-refractivity contribution in [2.24, 2.45) is 0 Å². The number of halogens is 1. The zero-order valence-electron chi connectivity index (χ0n) is 14.6. The predicted octanol–water partition coefficient (Wildman–Crippen LogP) is 2.15. The second-order valence-corrected chi connectivity index (χ2v) is 6.44. The fourth-order valence-corrected chi connectivity index (χ4v) is 2.65. The van der Waals surface area contributed by atoms with E-state index in [0.29, 0.717) is 21.6 Å². The van der Waals surface area contributed by atoms with E-state index in [1.54, 1.807) is 48.5 Å². The van der Waals surface area contributed by atoms with Crippen molar-refractivity contribution in [3.05, 3.63) is 70.2 Å². The van der Waals surface area contributed by atoms with E-state index in [2.05, 4.69) is 10.3 Å². The first-order chi connectivity index (χ1) is 12.9. The van der Waals surface area contributed by atoms with Gasteiger partial charge in [-0.3, -0.25) is 19.0 Å². The van der Waals surface area contributed by atoms with Crippen molar-refractivity contribution < 1.29 is 9.59 Å². The number of benzene rings is 2. The van der Waals surface area contributed by atoms with Gasteiger partial charge in [0.05, 0.1) is 23.8 Å². The largest absolute Gasteiger partial charge is 0.335 e. The molecule has 1 aromatic heterocycles. The highest BCUT2D eigenvalue weighted by Gasteiger charge is 2.15. The summed E-state index contributed by atoms with van der Waals surface area (Å²) in [5.41, 5.74) is 0.857. The summed E-state index contributed by atoms with van der Waals surface area (Å²) >= 11 is 5.80. The van der Waals surface area contributed by atoms with Crippen molar-refractivity contribution in [1.82, 2.24) is 14.5 Å². The van der Waals surface area contributed by atoms with Gasteiger partial charge in [0.2, 0.25) is 11.8 Å². The maximum atomic E-state index is 12.4. The number of rotatable bonds is 5. The number of para-hydroxylation sites is 1. The van der Waals surface area contributed by atoms with E-state index >= 15 is 0 Å². The molecule has 2 aromatic carbocycles. The summed E-state index contributed by atoms with van der Waals surface area (Å²) in [7, 11) is 1.50. The smallest absolute Gasteiger partial charge is 0.261 e. The van der Waals surface area contributed by atoms with E-state index in [4.69, 9.17) is 11.6 Å². The molecule has 3 aromatic rings. The predicted molar refractivity (Wildman–Crippen MR) is 104 cm³/mol. The molecule has 0 aliphatic rings. The number of nitrogens with zero attached hydrogens (tertiary/aromatic N) is 3. The van der Waals surface area contributed by atoms with Gasteiger partial charge in [0.25, 0.3) is 5.56 Å². The highest BCUT2D eigenvalue weighted by Crippen LogP contribution is 2.13. The van der Waals surface area contributed by atoms with Gasteiger partial charge < -0.3 is 10.2 Å². The zero-order valence-corrected chi connectivity index (χ0v) is 15.3. The third-order valence-electron chi connectivity index (χ3n) is 3.97. The first-order valence-corrected chi connectivity index (χ1v) is 8.55. The summed E-state index contributed by atoms with van der Waals surface area (Å²) in [6.07, 6.45) is 1.34. The third-order valence-corrected chi connectivity index (χ3v) is 4.22. The Morgan fingerprint density at radius 1 is 1.15 bits per heavy atom. The quantitative estimate of drug-likeness (QED) is 0.730. The molecule has 0 saturated heterocycles. The number of hydrogen-bond donors (Lipinski definition) is 1. The average molecular weight is 385 g/mol.